The summed E-state index contributed by atoms with van der Waals surface area (Å²) in [5, 5.41) is 12.6. The quantitative estimate of drug-likeness (QED) is 0.471. The van der Waals surface area contributed by atoms with E-state index in [1.165, 1.54) is 0 Å². The fourth-order valence-electron chi connectivity index (χ4n) is 1.25. The van der Waals surface area contributed by atoms with Crippen molar-refractivity contribution in [2.75, 3.05) is 11.9 Å². The average Bonchev–Trinajstić information content (AvgIpc) is 2.25. The zero-order valence-electron chi connectivity index (χ0n) is 10.1. The summed E-state index contributed by atoms with van der Waals surface area (Å²) in [5.74, 6) is -0.0842. The zero-order valence-corrected chi connectivity index (χ0v) is 10.1. The summed E-state index contributed by atoms with van der Waals surface area (Å²) in [5.41, 5.74) is 7.14. The standard InChI is InChI=1S/C12H18N4O/c1-8-4-3-5-10(6-8)16-12(17)15-7-9(2)11(13)14/h3-6,9H,7H2,1-2H3,(H3,13,14)(H2,15,16,17). The van der Waals surface area contributed by atoms with Gasteiger partial charge in [0.15, 0.2) is 0 Å². The van der Waals surface area contributed by atoms with Gasteiger partial charge in [-0.1, -0.05) is 19.1 Å². The molecular formula is C12H18N4O. The van der Waals surface area contributed by atoms with Crippen LogP contribution in [0.1, 0.15) is 12.5 Å². The van der Waals surface area contributed by atoms with Gasteiger partial charge in [-0.3, -0.25) is 5.41 Å². The minimum absolute atomic E-state index is 0.0702. The van der Waals surface area contributed by atoms with Gasteiger partial charge >= 0.3 is 6.03 Å². The molecule has 92 valence electrons. The van der Waals surface area contributed by atoms with Crippen molar-refractivity contribution in [1.29, 1.82) is 5.41 Å². The van der Waals surface area contributed by atoms with Crippen LogP contribution in [0.25, 0.3) is 0 Å². The predicted octanol–water partition coefficient (Wildman–Crippen LogP) is 1.69. The summed E-state index contributed by atoms with van der Waals surface area (Å²) < 4.78 is 0. The minimum Gasteiger partial charge on any atom is -0.387 e. The van der Waals surface area contributed by atoms with Crippen molar-refractivity contribution in [2.24, 2.45) is 11.7 Å². The van der Waals surface area contributed by atoms with Crippen LogP contribution in [-0.4, -0.2) is 18.4 Å². The summed E-state index contributed by atoms with van der Waals surface area (Å²) in [6.45, 7) is 4.10. The molecule has 0 fully saturated rings. The Morgan fingerprint density at radius 1 is 1.53 bits per heavy atom. The van der Waals surface area contributed by atoms with E-state index in [1.54, 1.807) is 6.92 Å². The molecular weight excluding hydrogens is 216 g/mol. The van der Waals surface area contributed by atoms with Crippen molar-refractivity contribution in [2.45, 2.75) is 13.8 Å². The largest absolute Gasteiger partial charge is 0.387 e. The van der Waals surface area contributed by atoms with Crippen molar-refractivity contribution in [1.82, 2.24) is 5.32 Å². The van der Waals surface area contributed by atoms with Crippen LogP contribution >= 0.6 is 0 Å². The number of hydrogen-bond donors (Lipinski definition) is 4. The van der Waals surface area contributed by atoms with Gasteiger partial charge < -0.3 is 16.4 Å². The number of carbonyl (C=O) groups is 1. The lowest BCUT2D eigenvalue weighted by Gasteiger charge is -2.12. The van der Waals surface area contributed by atoms with Gasteiger partial charge in [-0.15, -0.1) is 0 Å². The molecule has 0 aromatic heterocycles. The maximum absolute atomic E-state index is 11.5. The lowest BCUT2D eigenvalue weighted by atomic mass is 10.1. The highest BCUT2D eigenvalue weighted by molar-refractivity contribution is 5.89. The van der Waals surface area contributed by atoms with E-state index in [0.29, 0.717) is 6.54 Å². The van der Waals surface area contributed by atoms with Crippen LogP contribution in [0.2, 0.25) is 0 Å². The number of amidine groups is 1. The van der Waals surface area contributed by atoms with Gasteiger partial charge in [-0.2, -0.15) is 0 Å². The Bertz CT molecular complexity index is 417. The molecule has 0 aliphatic heterocycles. The highest BCUT2D eigenvalue weighted by atomic mass is 16.2. The van der Waals surface area contributed by atoms with Gasteiger partial charge in [-0.05, 0) is 24.6 Å². The van der Waals surface area contributed by atoms with Gasteiger partial charge in [0.2, 0.25) is 0 Å². The van der Waals surface area contributed by atoms with Crippen LogP contribution < -0.4 is 16.4 Å². The molecule has 5 heteroatoms. The van der Waals surface area contributed by atoms with Crippen LogP contribution in [0.15, 0.2) is 24.3 Å². The van der Waals surface area contributed by atoms with E-state index in [-0.39, 0.29) is 17.8 Å². The van der Waals surface area contributed by atoms with Crippen molar-refractivity contribution >= 4 is 17.6 Å². The van der Waals surface area contributed by atoms with Crippen molar-refractivity contribution in [3.63, 3.8) is 0 Å². The van der Waals surface area contributed by atoms with Crippen LogP contribution in [0.5, 0.6) is 0 Å². The molecule has 1 rings (SSSR count). The van der Waals surface area contributed by atoms with Crippen molar-refractivity contribution < 1.29 is 4.79 Å². The highest BCUT2D eigenvalue weighted by Crippen LogP contribution is 2.08. The molecule has 0 bridgehead atoms. The lowest BCUT2D eigenvalue weighted by Crippen LogP contribution is -2.36. The normalized spacial score (nSPS) is 11.6. The van der Waals surface area contributed by atoms with Crippen LogP contribution in [0, 0.1) is 18.3 Å². The molecule has 0 aliphatic rings. The molecule has 0 aliphatic carbocycles. The molecule has 1 aromatic rings. The molecule has 5 N–H and O–H groups in total. The molecule has 5 nitrogen and oxygen atoms in total. The summed E-state index contributed by atoms with van der Waals surface area (Å²) in [4.78, 5) is 11.5. The number of aryl methyl sites for hydroxylation is 1. The summed E-state index contributed by atoms with van der Waals surface area (Å²) in [6.07, 6.45) is 0. The van der Waals surface area contributed by atoms with E-state index >= 15 is 0 Å². The number of benzene rings is 1. The van der Waals surface area contributed by atoms with Crippen LogP contribution in [-0.2, 0) is 0 Å². The summed E-state index contributed by atoms with van der Waals surface area (Å²) in [7, 11) is 0. The molecule has 17 heavy (non-hydrogen) atoms. The van der Waals surface area contributed by atoms with Gasteiger partial charge in [-0.25, -0.2) is 4.79 Å². The zero-order chi connectivity index (χ0) is 12.8. The third-order valence-electron chi connectivity index (χ3n) is 2.38. The van der Waals surface area contributed by atoms with Crippen LogP contribution in [0.3, 0.4) is 0 Å². The molecule has 2 amide bonds. The first-order valence-corrected chi connectivity index (χ1v) is 5.44. The molecule has 0 spiro atoms. The molecule has 0 heterocycles. The number of carbonyl (C=O) groups excluding carboxylic acids is 1. The number of rotatable bonds is 4. The minimum atomic E-state index is -0.288. The average molecular weight is 234 g/mol. The second-order valence-electron chi connectivity index (χ2n) is 4.06. The number of nitrogens with one attached hydrogen (secondary N) is 3. The molecule has 0 radical (unpaired) electrons. The maximum atomic E-state index is 11.5. The second-order valence-corrected chi connectivity index (χ2v) is 4.06. The summed E-state index contributed by atoms with van der Waals surface area (Å²) in [6, 6.07) is 7.25. The fraction of sp³-hybridized carbons (Fsp3) is 0.333. The third-order valence-corrected chi connectivity index (χ3v) is 2.38. The van der Waals surface area contributed by atoms with Crippen molar-refractivity contribution in [3.8, 4) is 0 Å². The molecule has 0 saturated heterocycles. The Kier molecular flexibility index (Phi) is 4.51. The maximum Gasteiger partial charge on any atom is 0.319 e. The fourth-order valence-corrected chi connectivity index (χ4v) is 1.25. The first kappa shape index (κ1) is 13.0. The monoisotopic (exact) mass is 234 g/mol. The van der Waals surface area contributed by atoms with E-state index in [1.807, 2.05) is 31.2 Å². The Hall–Kier alpha value is -2.04. The Balaban J connectivity index is 2.42. The topological polar surface area (TPSA) is 91.0 Å². The van der Waals surface area contributed by atoms with E-state index in [2.05, 4.69) is 10.6 Å². The Morgan fingerprint density at radius 2 is 2.24 bits per heavy atom. The molecule has 1 atom stereocenters. The number of urea groups is 1. The first-order chi connectivity index (χ1) is 7.99. The van der Waals surface area contributed by atoms with Crippen LogP contribution in [0.4, 0.5) is 10.5 Å². The number of hydrogen-bond acceptors (Lipinski definition) is 2. The summed E-state index contributed by atoms with van der Waals surface area (Å²) >= 11 is 0. The third kappa shape index (κ3) is 4.55. The second kappa shape index (κ2) is 5.89. The smallest absolute Gasteiger partial charge is 0.319 e. The highest BCUT2D eigenvalue weighted by Gasteiger charge is 2.07. The SMILES string of the molecule is Cc1cccc(NC(=O)NCC(C)C(=N)N)c1. The first-order valence-electron chi connectivity index (χ1n) is 5.44. The van der Waals surface area contributed by atoms with Crippen molar-refractivity contribution in [3.05, 3.63) is 29.8 Å². The van der Waals surface area contributed by atoms with Gasteiger partial charge in [0.1, 0.15) is 0 Å². The number of amides is 2. The number of anilines is 1. The van der Waals surface area contributed by atoms with E-state index in [0.717, 1.165) is 11.3 Å². The molecule has 1 aromatic carbocycles. The molecule has 0 saturated carbocycles. The Morgan fingerprint density at radius 3 is 2.82 bits per heavy atom. The van der Waals surface area contributed by atoms with Gasteiger partial charge in [0.05, 0.1) is 5.84 Å². The van der Waals surface area contributed by atoms with E-state index < -0.39 is 0 Å². The van der Waals surface area contributed by atoms with E-state index in [4.69, 9.17) is 11.1 Å². The van der Waals surface area contributed by atoms with E-state index in [9.17, 15) is 4.79 Å². The van der Waals surface area contributed by atoms with Gasteiger partial charge in [0.25, 0.3) is 0 Å². The number of nitrogens with two attached hydrogens (primary N) is 1. The molecule has 1 unspecified atom stereocenters. The Labute approximate surface area is 101 Å². The van der Waals surface area contributed by atoms with Gasteiger partial charge in [0, 0.05) is 18.2 Å². The lowest BCUT2D eigenvalue weighted by molar-refractivity contribution is 0.251. The predicted molar refractivity (Wildman–Crippen MR) is 69.3 cm³/mol.